The van der Waals surface area contributed by atoms with E-state index in [0.29, 0.717) is 18.4 Å². The van der Waals surface area contributed by atoms with E-state index in [1.54, 1.807) is 0 Å². The molecule has 4 rings (SSSR count). The Morgan fingerprint density at radius 1 is 1.18 bits per heavy atom. The summed E-state index contributed by atoms with van der Waals surface area (Å²) in [5.41, 5.74) is -1.70. The number of nitriles is 1. The fraction of sp³-hybridized carbons (Fsp3) is 0.409. The smallest absolute Gasteiger partial charge is 0.338 e. The van der Waals surface area contributed by atoms with Gasteiger partial charge in [-0.05, 0) is 55.9 Å². The van der Waals surface area contributed by atoms with Gasteiger partial charge < -0.3 is 5.32 Å². The van der Waals surface area contributed by atoms with Gasteiger partial charge in [-0.1, -0.05) is 17.7 Å². The van der Waals surface area contributed by atoms with Crippen molar-refractivity contribution in [3.05, 3.63) is 47.2 Å². The molecule has 6 nitrogen and oxygen atoms in total. The zero-order valence-corrected chi connectivity index (χ0v) is 18.8. The number of nitrogens with one attached hydrogen (secondary N) is 1. The van der Waals surface area contributed by atoms with Gasteiger partial charge in [0.05, 0.1) is 26.8 Å². The summed E-state index contributed by atoms with van der Waals surface area (Å²) in [5, 5.41) is 10.9. The summed E-state index contributed by atoms with van der Waals surface area (Å²) in [4.78, 5) is 15.5. The number of carbonyl (C=O) groups is 1. The first-order chi connectivity index (χ1) is 15.4. The van der Waals surface area contributed by atoms with E-state index in [-0.39, 0.29) is 29.8 Å². The lowest BCUT2D eigenvalue weighted by Gasteiger charge is -2.19. The Morgan fingerprint density at radius 3 is 2.52 bits per heavy atom. The van der Waals surface area contributed by atoms with Crippen molar-refractivity contribution in [1.82, 2.24) is 10.3 Å². The molecular formula is C22H19ClF3N3O3S. The van der Waals surface area contributed by atoms with Crippen LogP contribution >= 0.6 is 11.6 Å². The van der Waals surface area contributed by atoms with E-state index >= 15 is 0 Å². The SMILES string of the molecule is N#CC1(NC(=O)C2CC[C@@H](S(=O)(=O)c3ccc(-c4cncc(Cl)c4)cc3C(F)(F)F)C2)CC1. The predicted molar refractivity (Wildman–Crippen MR) is 114 cm³/mol. The topological polar surface area (TPSA) is 99.9 Å². The van der Waals surface area contributed by atoms with Gasteiger partial charge in [-0.2, -0.15) is 18.4 Å². The molecule has 2 aliphatic carbocycles. The summed E-state index contributed by atoms with van der Waals surface area (Å²) < 4.78 is 68.0. The number of nitrogens with zero attached hydrogens (tertiary/aromatic N) is 2. The second-order valence-corrected chi connectivity index (χ2v) is 11.1. The summed E-state index contributed by atoms with van der Waals surface area (Å²) in [5.74, 6) is -1.09. The summed E-state index contributed by atoms with van der Waals surface area (Å²) in [7, 11) is -4.37. The van der Waals surface area contributed by atoms with E-state index in [0.717, 1.165) is 12.1 Å². The number of aromatic nitrogens is 1. The molecule has 33 heavy (non-hydrogen) atoms. The Morgan fingerprint density at radius 2 is 1.91 bits per heavy atom. The quantitative estimate of drug-likeness (QED) is 0.654. The van der Waals surface area contributed by atoms with Crippen LogP contribution in [-0.2, 0) is 20.8 Å². The highest BCUT2D eigenvalue weighted by Crippen LogP contribution is 2.42. The zero-order valence-electron chi connectivity index (χ0n) is 17.2. The van der Waals surface area contributed by atoms with E-state index in [2.05, 4.69) is 10.3 Å². The maximum absolute atomic E-state index is 13.9. The summed E-state index contributed by atoms with van der Waals surface area (Å²) >= 11 is 5.88. The van der Waals surface area contributed by atoms with Crippen molar-refractivity contribution >= 4 is 27.3 Å². The summed E-state index contributed by atoms with van der Waals surface area (Å²) in [6.45, 7) is 0. The van der Waals surface area contributed by atoms with Gasteiger partial charge in [0.15, 0.2) is 9.84 Å². The van der Waals surface area contributed by atoms with Gasteiger partial charge in [0.1, 0.15) is 5.54 Å². The molecule has 2 atom stereocenters. The normalized spacial score (nSPS) is 21.9. The first-order valence-electron chi connectivity index (χ1n) is 10.2. The molecule has 1 amide bonds. The molecule has 0 spiro atoms. The monoisotopic (exact) mass is 497 g/mol. The molecule has 2 aromatic rings. The minimum Gasteiger partial charge on any atom is -0.338 e. The van der Waals surface area contributed by atoms with Gasteiger partial charge in [-0.3, -0.25) is 9.78 Å². The van der Waals surface area contributed by atoms with Crippen molar-refractivity contribution in [1.29, 1.82) is 5.26 Å². The average Bonchev–Trinajstić information content (AvgIpc) is 3.34. The number of alkyl halides is 3. The van der Waals surface area contributed by atoms with Gasteiger partial charge in [0.25, 0.3) is 0 Å². The van der Waals surface area contributed by atoms with Crippen molar-refractivity contribution in [2.45, 2.75) is 54.0 Å². The molecular weight excluding hydrogens is 479 g/mol. The van der Waals surface area contributed by atoms with Gasteiger partial charge in [0, 0.05) is 23.9 Å². The van der Waals surface area contributed by atoms with Crippen LogP contribution in [0.2, 0.25) is 5.02 Å². The van der Waals surface area contributed by atoms with Gasteiger partial charge in [0.2, 0.25) is 5.91 Å². The Balaban J connectivity index is 1.62. The third-order valence-electron chi connectivity index (χ3n) is 6.15. The summed E-state index contributed by atoms with van der Waals surface area (Å²) in [6, 6.07) is 6.50. The zero-order chi connectivity index (χ0) is 24.0. The molecule has 0 saturated heterocycles. The number of rotatable bonds is 5. The second kappa shape index (κ2) is 8.29. The van der Waals surface area contributed by atoms with Crippen LogP contribution in [0.1, 0.15) is 37.7 Å². The minimum absolute atomic E-state index is 0.0667. The molecule has 11 heteroatoms. The van der Waals surface area contributed by atoms with Crippen LogP contribution < -0.4 is 5.32 Å². The molecule has 1 unspecified atom stereocenters. The van der Waals surface area contributed by atoms with Gasteiger partial charge in [-0.25, -0.2) is 8.42 Å². The number of sulfone groups is 1. The molecule has 2 fully saturated rings. The average molecular weight is 498 g/mol. The fourth-order valence-corrected chi connectivity index (χ4v) is 6.32. The molecule has 1 heterocycles. The predicted octanol–water partition coefficient (Wildman–Crippen LogP) is 4.54. The van der Waals surface area contributed by atoms with Crippen LogP contribution in [0.4, 0.5) is 13.2 Å². The highest BCUT2D eigenvalue weighted by molar-refractivity contribution is 7.92. The summed E-state index contributed by atoms with van der Waals surface area (Å²) in [6.07, 6.45) is -0.966. The van der Waals surface area contributed by atoms with Gasteiger partial charge >= 0.3 is 6.18 Å². The number of benzene rings is 1. The second-order valence-electron chi connectivity index (χ2n) is 8.46. The molecule has 0 aliphatic heterocycles. The van der Waals surface area contributed by atoms with Crippen LogP contribution in [0, 0.1) is 17.2 Å². The Labute approximate surface area is 193 Å². The van der Waals surface area contributed by atoms with Crippen molar-refractivity contribution in [2.24, 2.45) is 5.92 Å². The highest BCUT2D eigenvalue weighted by atomic mass is 35.5. The largest absolute Gasteiger partial charge is 0.417 e. The number of carbonyl (C=O) groups excluding carboxylic acids is 1. The molecule has 174 valence electrons. The molecule has 1 aromatic carbocycles. The fourth-order valence-electron chi connectivity index (χ4n) is 4.12. The van der Waals surface area contributed by atoms with E-state index < -0.39 is 49.1 Å². The van der Waals surface area contributed by atoms with Crippen molar-refractivity contribution < 1.29 is 26.4 Å². The van der Waals surface area contributed by atoms with E-state index in [1.165, 1.54) is 24.5 Å². The first kappa shape index (κ1) is 23.5. The molecule has 0 radical (unpaired) electrons. The van der Waals surface area contributed by atoms with Crippen LogP contribution in [0.5, 0.6) is 0 Å². The van der Waals surface area contributed by atoms with Crippen LogP contribution in [0.3, 0.4) is 0 Å². The Bertz CT molecular complexity index is 1250. The van der Waals surface area contributed by atoms with E-state index in [1.807, 2.05) is 6.07 Å². The molecule has 1 N–H and O–H groups in total. The number of pyridine rings is 1. The lowest BCUT2D eigenvalue weighted by molar-refractivity contribution is -0.139. The van der Waals surface area contributed by atoms with Crippen LogP contribution in [-0.4, -0.2) is 30.1 Å². The van der Waals surface area contributed by atoms with Gasteiger partial charge in [-0.15, -0.1) is 0 Å². The number of halogens is 4. The number of hydrogen-bond donors (Lipinski definition) is 1. The molecule has 1 aromatic heterocycles. The first-order valence-corrected chi connectivity index (χ1v) is 12.2. The lowest BCUT2D eigenvalue weighted by atomic mass is 10.0. The molecule has 0 bridgehead atoms. The van der Waals surface area contributed by atoms with E-state index in [4.69, 9.17) is 16.9 Å². The van der Waals surface area contributed by atoms with E-state index in [9.17, 15) is 26.4 Å². The third-order valence-corrected chi connectivity index (χ3v) is 8.63. The van der Waals surface area contributed by atoms with Crippen molar-refractivity contribution in [2.75, 3.05) is 0 Å². The lowest BCUT2D eigenvalue weighted by Crippen LogP contribution is -2.39. The van der Waals surface area contributed by atoms with Crippen molar-refractivity contribution in [3.8, 4) is 17.2 Å². The van der Waals surface area contributed by atoms with Crippen LogP contribution in [0.15, 0.2) is 41.6 Å². The molecule has 2 aliphatic rings. The van der Waals surface area contributed by atoms with Crippen molar-refractivity contribution in [3.63, 3.8) is 0 Å². The highest BCUT2D eigenvalue weighted by Gasteiger charge is 2.48. The maximum Gasteiger partial charge on any atom is 0.417 e. The van der Waals surface area contributed by atoms with Crippen LogP contribution in [0.25, 0.3) is 11.1 Å². The Hall–Kier alpha value is -2.64. The minimum atomic E-state index is -4.91. The third kappa shape index (κ3) is 4.70. The maximum atomic E-state index is 13.9. The Kier molecular flexibility index (Phi) is 5.91. The molecule has 2 saturated carbocycles. The standard InChI is InChI=1S/C22H19ClF3N3O3S/c23-16-7-15(10-28-11-16)13-2-4-19(18(9-13)22(24,25)26)33(31,32)17-3-1-14(8-17)20(30)29-21(12-27)5-6-21/h2,4,7,9-11,14,17H,1,3,5-6,8H2,(H,29,30)/t14?,17-/m1/s1. The number of hydrogen-bond acceptors (Lipinski definition) is 5. The number of amides is 1.